The molecule has 0 spiro atoms. The summed E-state index contributed by atoms with van der Waals surface area (Å²) < 4.78 is 12.2. The van der Waals surface area contributed by atoms with Gasteiger partial charge < -0.3 is 9.47 Å². The normalized spacial score (nSPS) is 12.1. The third-order valence-corrected chi connectivity index (χ3v) is 5.66. The molecule has 0 N–H and O–H groups in total. The molecule has 160 valence electrons. The van der Waals surface area contributed by atoms with E-state index in [2.05, 4.69) is 0 Å². The number of hydrogen-bond acceptors (Lipinski definition) is 6. The molecular weight excluding hydrogens is 438 g/mol. The number of ether oxygens (including phenoxy) is 2. The third-order valence-electron chi connectivity index (χ3n) is 4.35. The van der Waals surface area contributed by atoms with Gasteiger partial charge in [0.1, 0.15) is 4.66 Å². The summed E-state index contributed by atoms with van der Waals surface area (Å²) >= 11 is 7.13. The van der Waals surface area contributed by atoms with Gasteiger partial charge in [0.05, 0.1) is 36.4 Å². The van der Waals surface area contributed by atoms with Crippen LogP contribution in [0, 0.1) is 0 Å². The molecule has 0 radical (unpaired) electrons. The summed E-state index contributed by atoms with van der Waals surface area (Å²) in [6, 6.07) is 13.9. The van der Waals surface area contributed by atoms with Gasteiger partial charge in [0.15, 0.2) is 0 Å². The first kappa shape index (κ1) is 22.5. The van der Waals surface area contributed by atoms with Gasteiger partial charge in [-0.15, -0.1) is 11.3 Å². The summed E-state index contributed by atoms with van der Waals surface area (Å²) in [5.74, 6) is -0.952. The van der Waals surface area contributed by atoms with Crippen molar-refractivity contribution < 1.29 is 19.1 Å². The minimum absolute atomic E-state index is 0.229. The second-order valence-corrected chi connectivity index (χ2v) is 7.98. The summed E-state index contributed by atoms with van der Waals surface area (Å²) in [7, 11) is 1.32. The molecule has 0 fully saturated rings. The predicted molar refractivity (Wildman–Crippen MR) is 121 cm³/mol. The number of rotatable bonds is 6. The summed E-state index contributed by atoms with van der Waals surface area (Å²) in [6.45, 7) is 2.19. The lowest BCUT2D eigenvalue weighted by atomic mass is 10.1. The second kappa shape index (κ2) is 10.2. The summed E-state index contributed by atoms with van der Waals surface area (Å²) in [6.07, 6.45) is 3.07. The van der Waals surface area contributed by atoms with Crippen molar-refractivity contribution in [1.82, 2.24) is 4.57 Å². The number of benzene rings is 2. The van der Waals surface area contributed by atoms with Crippen LogP contribution in [-0.4, -0.2) is 30.2 Å². The van der Waals surface area contributed by atoms with E-state index in [0.29, 0.717) is 19.8 Å². The van der Waals surface area contributed by atoms with Crippen LogP contribution >= 0.6 is 22.9 Å². The van der Waals surface area contributed by atoms with Crippen molar-refractivity contribution >= 4 is 47.0 Å². The van der Waals surface area contributed by atoms with E-state index in [4.69, 9.17) is 21.1 Å². The van der Waals surface area contributed by atoms with Crippen molar-refractivity contribution in [2.24, 2.45) is 0 Å². The van der Waals surface area contributed by atoms with Gasteiger partial charge in [0.25, 0.3) is 5.56 Å². The van der Waals surface area contributed by atoms with E-state index in [1.165, 1.54) is 29.1 Å². The topological polar surface area (TPSA) is 74.6 Å². The minimum Gasteiger partial charge on any atom is -0.465 e. The quantitative estimate of drug-likeness (QED) is 0.532. The van der Waals surface area contributed by atoms with Gasteiger partial charge in [0, 0.05) is 5.02 Å². The zero-order valence-electron chi connectivity index (χ0n) is 17.0. The molecule has 0 saturated heterocycles. The minimum atomic E-state index is -0.517. The van der Waals surface area contributed by atoms with Crippen LogP contribution in [-0.2, 0) is 20.8 Å². The first-order valence-electron chi connectivity index (χ1n) is 9.44. The number of esters is 2. The van der Waals surface area contributed by atoms with Gasteiger partial charge in [-0.1, -0.05) is 35.9 Å². The van der Waals surface area contributed by atoms with Gasteiger partial charge in [-0.3, -0.25) is 9.36 Å². The molecule has 0 amide bonds. The molecule has 6 nitrogen and oxygen atoms in total. The maximum absolute atomic E-state index is 13.1. The maximum Gasteiger partial charge on any atom is 0.337 e. The number of hydrogen-bond donors (Lipinski definition) is 0. The van der Waals surface area contributed by atoms with Gasteiger partial charge in [0.2, 0.25) is 0 Å². The zero-order valence-corrected chi connectivity index (χ0v) is 18.5. The van der Waals surface area contributed by atoms with Crippen LogP contribution < -0.4 is 14.8 Å². The summed E-state index contributed by atoms with van der Waals surface area (Å²) in [5.41, 5.74) is 1.80. The van der Waals surface area contributed by atoms with Crippen molar-refractivity contribution in [2.75, 3.05) is 13.7 Å². The SMILES string of the molecule is CCOC(=O)/C=c1\s/c(=C/c2ccc(Cl)cc2)c(=O)n1Cc1ccc(C(=O)OC)cc1. The summed E-state index contributed by atoms with van der Waals surface area (Å²) in [4.78, 5) is 36.7. The van der Waals surface area contributed by atoms with Crippen LogP contribution in [0.5, 0.6) is 0 Å². The largest absolute Gasteiger partial charge is 0.465 e. The van der Waals surface area contributed by atoms with Gasteiger partial charge in [-0.2, -0.15) is 0 Å². The Bertz CT molecular complexity index is 1260. The average Bonchev–Trinajstić information content (AvgIpc) is 3.04. The first-order chi connectivity index (χ1) is 14.9. The Morgan fingerprint density at radius 3 is 2.39 bits per heavy atom. The maximum atomic E-state index is 13.1. The fraction of sp³-hybridized carbons (Fsp3) is 0.174. The van der Waals surface area contributed by atoms with Crippen molar-refractivity contribution in [2.45, 2.75) is 13.5 Å². The molecule has 3 aromatic rings. The molecule has 1 heterocycles. The van der Waals surface area contributed by atoms with Crippen LogP contribution in [0.15, 0.2) is 53.3 Å². The molecule has 0 aliphatic heterocycles. The molecule has 0 aliphatic rings. The highest BCUT2D eigenvalue weighted by Crippen LogP contribution is 2.10. The van der Waals surface area contributed by atoms with Crippen molar-refractivity contribution in [1.29, 1.82) is 0 Å². The molecule has 0 atom stereocenters. The van der Waals surface area contributed by atoms with Crippen molar-refractivity contribution in [3.8, 4) is 0 Å². The van der Waals surface area contributed by atoms with E-state index < -0.39 is 11.9 Å². The fourth-order valence-electron chi connectivity index (χ4n) is 2.83. The number of carbonyl (C=O) groups excluding carboxylic acids is 2. The van der Waals surface area contributed by atoms with Crippen LogP contribution in [0.1, 0.15) is 28.4 Å². The lowest BCUT2D eigenvalue weighted by Gasteiger charge is -2.04. The Labute approximate surface area is 187 Å². The average molecular weight is 458 g/mol. The first-order valence-corrected chi connectivity index (χ1v) is 10.6. The number of methoxy groups -OCH3 is 1. The number of aromatic nitrogens is 1. The molecule has 0 unspecified atom stereocenters. The highest BCUT2D eigenvalue weighted by Gasteiger charge is 2.10. The zero-order chi connectivity index (χ0) is 22.4. The van der Waals surface area contributed by atoms with Crippen LogP contribution in [0.2, 0.25) is 5.02 Å². The number of halogens is 1. The summed E-state index contributed by atoms with van der Waals surface area (Å²) in [5, 5.41) is 0.604. The number of thiazole rings is 1. The smallest absolute Gasteiger partial charge is 0.337 e. The van der Waals surface area contributed by atoms with Crippen molar-refractivity contribution in [3.63, 3.8) is 0 Å². The molecule has 2 aromatic carbocycles. The lowest BCUT2D eigenvalue weighted by molar-refractivity contribution is -0.135. The van der Waals surface area contributed by atoms with Gasteiger partial charge in [-0.05, 0) is 48.4 Å². The Morgan fingerprint density at radius 2 is 1.77 bits per heavy atom. The molecular formula is C23H20ClNO5S. The Balaban J connectivity index is 2.06. The highest BCUT2D eigenvalue weighted by molar-refractivity contribution is 7.07. The van der Waals surface area contributed by atoms with Crippen LogP contribution in [0.4, 0.5) is 0 Å². The molecule has 0 saturated carbocycles. The Kier molecular flexibility index (Phi) is 7.44. The second-order valence-electron chi connectivity index (χ2n) is 6.48. The number of nitrogens with zero attached hydrogens (tertiary/aromatic N) is 1. The fourth-order valence-corrected chi connectivity index (χ4v) is 3.99. The van der Waals surface area contributed by atoms with Crippen molar-refractivity contribution in [3.05, 3.63) is 89.8 Å². The van der Waals surface area contributed by atoms with E-state index >= 15 is 0 Å². The Hall–Kier alpha value is -3.16. The van der Waals surface area contributed by atoms with E-state index in [-0.39, 0.29) is 18.7 Å². The molecule has 1 aromatic heterocycles. The monoisotopic (exact) mass is 457 g/mol. The van der Waals surface area contributed by atoms with E-state index in [1.54, 1.807) is 49.4 Å². The van der Waals surface area contributed by atoms with Gasteiger partial charge in [-0.25, -0.2) is 9.59 Å². The van der Waals surface area contributed by atoms with E-state index in [0.717, 1.165) is 11.1 Å². The molecule has 31 heavy (non-hydrogen) atoms. The molecule has 0 aliphatic carbocycles. The van der Waals surface area contributed by atoms with E-state index in [1.807, 2.05) is 12.1 Å². The highest BCUT2D eigenvalue weighted by atomic mass is 35.5. The third kappa shape index (κ3) is 5.71. The molecule has 0 bridgehead atoms. The molecule has 8 heteroatoms. The van der Waals surface area contributed by atoms with E-state index in [9.17, 15) is 14.4 Å². The van der Waals surface area contributed by atoms with Crippen LogP contribution in [0.25, 0.3) is 12.2 Å². The lowest BCUT2D eigenvalue weighted by Crippen LogP contribution is -2.32. The van der Waals surface area contributed by atoms with Crippen LogP contribution in [0.3, 0.4) is 0 Å². The Morgan fingerprint density at radius 1 is 1.10 bits per heavy atom. The van der Waals surface area contributed by atoms with Gasteiger partial charge >= 0.3 is 11.9 Å². The predicted octanol–water partition coefficient (Wildman–Crippen LogP) is 2.57. The number of carbonyl (C=O) groups is 2. The molecule has 3 rings (SSSR count). The standard InChI is InChI=1S/C23H20ClNO5S/c1-3-30-21(26)13-20-25(14-16-4-8-17(9-5-16)23(28)29-2)22(27)19(31-20)12-15-6-10-18(24)11-7-15/h4-13H,3,14H2,1-2H3/b19-12+,20-13-.